The molecule has 1 aliphatic rings. The van der Waals surface area contributed by atoms with Gasteiger partial charge < -0.3 is 4.74 Å². The van der Waals surface area contributed by atoms with Crippen LogP contribution in [-0.4, -0.2) is 18.4 Å². The van der Waals surface area contributed by atoms with Crippen LogP contribution in [0.4, 0.5) is 0 Å². The van der Waals surface area contributed by atoms with E-state index in [1.807, 2.05) is 6.07 Å². The van der Waals surface area contributed by atoms with E-state index >= 15 is 0 Å². The summed E-state index contributed by atoms with van der Waals surface area (Å²) >= 11 is 6.08. The van der Waals surface area contributed by atoms with Crippen LogP contribution in [0.25, 0.3) is 5.03 Å². The first-order valence-corrected chi connectivity index (χ1v) is 5.01. The highest BCUT2D eigenvalue weighted by Crippen LogP contribution is 2.33. The van der Waals surface area contributed by atoms with Crippen LogP contribution in [0.1, 0.15) is 17.5 Å². The average Bonchev–Trinajstić information content (AvgIpc) is 2.29. The van der Waals surface area contributed by atoms with Gasteiger partial charge in [0.05, 0.1) is 12.1 Å². The highest BCUT2D eigenvalue weighted by Gasteiger charge is 2.18. The minimum absolute atomic E-state index is 0.515. The molecule has 1 aliphatic carbocycles. The van der Waals surface area contributed by atoms with Crippen molar-refractivity contribution in [3.8, 4) is 5.88 Å². The van der Waals surface area contributed by atoms with E-state index in [9.17, 15) is 4.79 Å². The molecule has 15 heavy (non-hydrogen) atoms. The van der Waals surface area contributed by atoms with Crippen LogP contribution in [0.2, 0.25) is 0 Å². The fourth-order valence-corrected chi connectivity index (χ4v) is 1.96. The maximum absolute atomic E-state index is 10.7. The Balaban J connectivity index is 2.51. The molecular formula is C11H10ClNO2. The van der Waals surface area contributed by atoms with Crippen molar-refractivity contribution in [2.24, 2.45) is 0 Å². The molecule has 1 aromatic heterocycles. The molecule has 0 saturated heterocycles. The number of methoxy groups -OCH3 is 1. The van der Waals surface area contributed by atoms with Crippen LogP contribution >= 0.6 is 11.6 Å². The monoisotopic (exact) mass is 223 g/mol. The summed E-state index contributed by atoms with van der Waals surface area (Å²) in [6.07, 6.45) is 3.95. The van der Waals surface area contributed by atoms with Crippen LogP contribution in [0.3, 0.4) is 0 Å². The molecule has 0 fully saturated rings. The van der Waals surface area contributed by atoms with Crippen molar-refractivity contribution in [3.05, 3.63) is 29.0 Å². The highest BCUT2D eigenvalue weighted by molar-refractivity contribution is 6.50. The molecule has 4 heteroatoms. The third kappa shape index (κ3) is 1.75. The van der Waals surface area contributed by atoms with Gasteiger partial charge in [-0.25, -0.2) is 4.98 Å². The van der Waals surface area contributed by atoms with Crippen molar-refractivity contribution in [3.63, 3.8) is 0 Å². The second-order valence-corrected chi connectivity index (χ2v) is 3.72. The molecule has 0 aliphatic heterocycles. The lowest BCUT2D eigenvalue weighted by Gasteiger charge is -2.16. The summed E-state index contributed by atoms with van der Waals surface area (Å²) in [5, 5.41) is 0.515. The standard InChI is InChI=1S/C11H10ClNO2/c1-15-10-4-7-2-3-8(6-14)11(12)9(7)5-13-10/h4-6H,2-3H2,1H3. The van der Waals surface area contributed by atoms with Crippen molar-refractivity contribution in [2.45, 2.75) is 12.8 Å². The molecule has 78 valence electrons. The maximum Gasteiger partial charge on any atom is 0.213 e. The van der Waals surface area contributed by atoms with E-state index in [0.29, 0.717) is 22.9 Å². The number of nitrogens with zero attached hydrogens (tertiary/aromatic N) is 1. The van der Waals surface area contributed by atoms with Gasteiger partial charge in [-0.3, -0.25) is 4.79 Å². The van der Waals surface area contributed by atoms with Crippen LogP contribution in [0.5, 0.6) is 5.88 Å². The Kier molecular flexibility index (Phi) is 2.73. The fraction of sp³-hybridized carbons (Fsp3) is 0.273. The summed E-state index contributed by atoms with van der Waals surface area (Å²) in [6, 6.07) is 1.86. The van der Waals surface area contributed by atoms with Gasteiger partial charge in [0, 0.05) is 23.4 Å². The Morgan fingerprint density at radius 3 is 3.00 bits per heavy atom. The smallest absolute Gasteiger partial charge is 0.213 e. The van der Waals surface area contributed by atoms with Gasteiger partial charge in [0.2, 0.25) is 5.88 Å². The largest absolute Gasteiger partial charge is 0.481 e. The highest BCUT2D eigenvalue weighted by atomic mass is 35.5. The number of aromatic nitrogens is 1. The molecule has 0 N–H and O–H groups in total. The predicted octanol–water partition coefficient (Wildman–Crippen LogP) is 2.19. The number of allylic oxidation sites excluding steroid dienone is 1. The first-order valence-electron chi connectivity index (χ1n) is 4.63. The van der Waals surface area contributed by atoms with Crippen molar-refractivity contribution < 1.29 is 9.53 Å². The lowest BCUT2D eigenvalue weighted by atomic mass is 9.94. The summed E-state index contributed by atoms with van der Waals surface area (Å²) in [5.74, 6) is 0.577. The van der Waals surface area contributed by atoms with Gasteiger partial charge in [0.1, 0.15) is 6.29 Å². The van der Waals surface area contributed by atoms with Gasteiger partial charge in [-0.2, -0.15) is 0 Å². The lowest BCUT2D eigenvalue weighted by Crippen LogP contribution is -2.04. The number of rotatable bonds is 2. The third-order valence-electron chi connectivity index (χ3n) is 2.50. The fourth-order valence-electron chi connectivity index (χ4n) is 1.65. The minimum atomic E-state index is 0.515. The summed E-state index contributed by atoms with van der Waals surface area (Å²) in [7, 11) is 1.58. The molecule has 1 heterocycles. The topological polar surface area (TPSA) is 39.2 Å². The van der Waals surface area contributed by atoms with Crippen LogP contribution in [0.15, 0.2) is 17.8 Å². The number of hydrogen-bond acceptors (Lipinski definition) is 3. The molecule has 0 amide bonds. The zero-order chi connectivity index (χ0) is 10.8. The summed E-state index contributed by atoms with van der Waals surface area (Å²) < 4.78 is 5.03. The van der Waals surface area contributed by atoms with Gasteiger partial charge in [-0.05, 0) is 18.4 Å². The molecule has 0 bridgehead atoms. The zero-order valence-electron chi connectivity index (χ0n) is 8.29. The number of hydrogen-bond donors (Lipinski definition) is 0. The van der Waals surface area contributed by atoms with Crippen molar-refractivity contribution in [1.82, 2.24) is 4.98 Å². The third-order valence-corrected chi connectivity index (χ3v) is 2.94. The van der Waals surface area contributed by atoms with Gasteiger partial charge >= 0.3 is 0 Å². The number of carbonyl (C=O) groups excluding carboxylic acids is 1. The van der Waals surface area contributed by atoms with Crippen LogP contribution in [-0.2, 0) is 11.2 Å². The van der Waals surface area contributed by atoms with Gasteiger partial charge in [0.25, 0.3) is 0 Å². The molecule has 0 spiro atoms. The summed E-state index contributed by atoms with van der Waals surface area (Å²) in [6.45, 7) is 0. The molecule has 0 radical (unpaired) electrons. The van der Waals surface area contributed by atoms with Gasteiger partial charge in [-0.15, -0.1) is 0 Å². The Bertz CT molecular complexity index is 440. The Hall–Kier alpha value is -1.35. The van der Waals surface area contributed by atoms with Gasteiger partial charge in [0.15, 0.2) is 0 Å². The Morgan fingerprint density at radius 1 is 1.53 bits per heavy atom. The second kappa shape index (κ2) is 4.03. The number of fused-ring (bicyclic) bond motifs is 1. The molecule has 0 saturated carbocycles. The number of halogens is 1. The van der Waals surface area contributed by atoms with Crippen LogP contribution < -0.4 is 4.74 Å². The Labute approximate surface area is 92.7 Å². The van der Waals surface area contributed by atoms with E-state index in [4.69, 9.17) is 16.3 Å². The van der Waals surface area contributed by atoms with E-state index in [0.717, 1.165) is 23.8 Å². The maximum atomic E-state index is 10.7. The molecule has 3 nitrogen and oxygen atoms in total. The van der Waals surface area contributed by atoms with E-state index < -0.39 is 0 Å². The number of aryl methyl sites for hydroxylation is 1. The first kappa shape index (κ1) is 10.2. The average molecular weight is 224 g/mol. The molecule has 2 rings (SSSR count). The van der Waals surface area contributed by atoms with E-state index in [1.165, 1.54) is 0 Å². The first-order chi connectivity index (χ1) is 7.26. The van der Waals surface area contributed by atoms with Crippen molar-refractivity contribution in [2.75, 3.05) is 7.11 Å². The number of ether oxygens (including phenoxy) is 1. The van der Waals surface area contributed by atoms with E-state index in [2.05, 4.69) is 4.98 Å². The quantitative estimate of drug-likeness (QED) is 0.722. The summed E-state index contributed by atoms with van der Waals surface area (Å²) in [5.41, 5.74) is 2.57. The van der Waals surface area contributed by atoms with Crippen LogP contribution in [0, 0.1) is 0 Å². The van der Waals surface area contributed by atoms with Gasteiger partial charge in [-0.1, -0.05) is 11.6 Å². The number of aldehydes is 1. The molecule has 0 atom stereocenters. The number of pyridine rings is 1. The zero-order valence-corrected chi connectivity index (χ0v) is 9.04. The lowest BCUT2D eigenvalue weighted by molar-refractivity contribution is -0.105. The summed E-state index contributed by atoms with van der Waals surface area (Å²) in [4.78, 5) is 14.8. The molecule has 0 aromatic carbocycles. The number of carbonyl (C=O) groups is 1. The predicted molar refractivity (Wildman–Crippen MR) is 57.9 cm³/mol. The second-order valence-electron chi connectivity index (χ2n) is 3.34. The van der Waals surface area contributed by atoms with Crippen molar-refractivity contribution >= 4 is 22.9 Å². The molecule has 1 aromatic rings. The molecular weight excluding hydrogens is 214 g/mol. The normalized spacial score (nSPS) is 14.8. The Morgan fingerprint density at radius 2 is 2.33 bits per heavy atom. The SMILES string of the molecule is COc1cc2c(cn1)C(Cl)=C(C=O)CC2. The molecule has 0 unspecified atom stereocenters. The minimum Gasteiger partial charge on any atom is -0.481 e. The van der Waals surface area contributed by atoms with E-state index in [-0.39, 0.29) is 0 Å². The van der Waals surface area contributed by atoms with E-state index in [1.54, 1.807) is 13.3 Å². The van der Waals surface area contributed by atoms with Crippen molar-refractivity contribution in [1.29, 1.82) is 0 Å².